The fourth-order valence-electron chi connectivity index (χ4n) is 7.56. The molecule has 0 aromatic rings. The number of hydrogen-bond acceptors (Lipinski definition) is 3. The third-order valence-corrected chi connectivity index (χ3v) is 8.08. The van der Waals surface area contributed by atoms with Crippen molar-refractivity contribution in [2.24, 2.45) is 23.2 Å². The van der Waals surface area contributed by atoms with Gasteiger partial charge in [-0.25, -0.2) is 0 Å². The SMILES string of the molecule is O=C(CC12CC3CC(CC(C3)C1)C2)NCC(=O)N1C2CCNCC1CC2. The minimum atomic E-state index is 0.112. The molecule has 0 aromatic heterocycles. The molecule has 4 saturated carbocycles. The summed E-state index contributed by atoms with van der Waals surface area (Å²) in [5, 5.41) is 6.43. The van der Waals surface area contributed by atoms with Crippen molar-refractivity contribution in [2.45, 2.75) is 76.3 Å². The molecule has 0 spiro atoms. The predicted octanol–water partition coefficient (Wildman–Crippen LogP) is 2.06. The summed E-state index contributed by atoms with van der Waals surface area (Å²) in [6.07, 6.45) is 11.9. The van der Waals surface area contributed by atoms with E-state index in [1.54, 1.807) is 0 Å². The molecule has 2 unspecified atom stereocenters. The van der Waals surface area contributed by atoms with Crippen molar-refractivity contribution >= 4 is 11.8 Å². The highest BCUT2D eigenvalue weighted by Crippen LogP contribution is 2.61. The zero-order valence-corrected chi connectivity index (χ0v) is 15.8. The summed E-state index contributed by atoms with van der Waals surface area (Å²) in [5.41, 5.74) is 0.257. The smallest absolute Gasteiger partial charge is 0.242 e. The van der Waals surface area contributed by atoms with Crippen molar-refractivity contribution in [3.8, 4) is 0 Å². The van der Waals surface area contributed by atoms with Crippen LogP contribution in [0.15, 0.2) is 0 Å². The fourth-order valence-corrected chi connectivity index (χ4v) is 7.56. The largest absolute Gasteiger partial charge is 0.347 e. The number of rotatable bonds is 4. The van der Waals surface area contributed by atoms with Gasteiger partial charge >= 0.3 is 0 Å². The van der Waals surface area contributed by atoms with Crippen molar-refractivity contribution < 1.29 is 9.59 Å². The van der Waals surface area contributed by atoms with Crippen LogP contribution < -0.4 is 10.6 Å². The average Bonchev–Trinajstić information content (AvgIpc) is 2.84. The Balaban J connectivity index is 1.16. The molecular weight excluding hydrogens is 326 g/mol. The highest BCUT2D eigenvalue weighted by atomic mass is 16.2. The molecule has 0 aromatic carbocycles. The zero-order chi connectivity index (χ0) is 17.7. The molecule has 2 N–H and O–H groups in total. The van der Waals surface area contributed by atoms with Crippen LogP contribution in [0.2, 0.25) is 0 Å². The highest BCUT2D eigenvalue weighted by Gasteiger charge is 2.51. The van der Waals surface area contributed by atoms with Gasteiger partial charge in [-0.05, 0) is 87.5 Å². The van der Waals surface area contributed by atoms with Crippen molar-refractivity contribution in [3.05, 3.63) is 0 Å². The number of carbonyl (C=O) groups excluding carboxylic acids is 2. The second-order valence-corrected chi connectivity index (χ2v) is 10.0. The monoisotopic (exact) mass is 359 g/mol. The molecule has 2 heterocycles. The number of amides is 2. The van der Waals surface area contributed by atoms with E-state index in [1.807, 2.05) is 0 Å². The number of nitrogens with zero attached hydrogens (tertiary/aromatic N) is 1. The first kappa shape index (κ1) is 17.0. The maximum atomic E-state index is 12.8. The van der Waals surface area contributed by atoms with Gasteiger partial charge in [0.05, 0.1) is 6.54 Å². The molecule has 144 valence electrons. The summed E-state index contributed by atoms with van der Waals surface area (Å²) in [5.74, 6) is 2.85. The Morgan fingerprint density at radius 2 is 1.62 bits per heavy atom. The van der Waals surface area contributed by atoms with Crippen molar-refractivity contribution in [3.63, 3.8) is 0 Å². The van der Waals surface area contributed by atoms with Gasteiger partial charge in [0.25, 0.3) is 0 Å². The molecule has 4 aliphatic carbocycles. The van der Waals surface area contributed by atoms with Crippen molar-refractivity contribution in [2.75, 3.05) is 19.6 Å². The summed E-state index contributed by atoms with van der Waals surface area (Å²) >= 11 is 0. The topological polar surface area (TPSA) is 61.4 Å². The van der Waals surface area contributed by atoms with E-state index >= 15 is 0 Å². The normalized spacial score (nSPS) is 43.4. The van der Waals surface area contributed by atoms with Crippen LogP contribution in [0.25, 0.3) is 0 Å². The van der Waals surface area contributed by atoms with E-state index in [9.17, 15) is 9.59 Å². The molecule has 2 amide bonds. The van der Waals surface area contributed by atoms with Gasteiger partial charge in [-0.15, -0.1) is 0 Å². The Bertz CT molecular complexity index is 541. The van der Waals surface area contributed by atoms with E-state index in [0.717, 1.165) is 50.1 Å². The third kappa shape index (κ3) is 3.06. The Hall–Kier alpha value is -1.10. The Labute approximate surface area is 156 Å². The molecule has 6 aliphatic rings. The van der Waals surface area contributed by atoms with E-state index in [0.29, 0.717) is 18.5 Å². The molecule has 2 aliphatic heterocycles. The molecular formula is C21H33N3O2. The van der Waals surface area contributed by atoms with Gasteiger partial charge in [-0.2, -0.15) is 0 Å². The standard InChI is InChI=1S/C21H33N3O2/c25-19(11-21-8-14-5-15(9-21)7-16(6-14)10-21)23-13-20(26)24-17-1-2-18(24)12-22-4-3-17/h14-18,22H,1-13H2,(H,23,25). The summed E-state index contributed by atoms with van der Waals surface area (Å²) in [7, 11) is 0. The van der Waals surface area contributed by atoms with Crippen LogP contribution in [0.4, 0.5) is 0 Å². The van der Waals surface area contributed by atoms with Gasteiger partial charge in [0.2, 0.25) is 11.8 Å². The second kappa shape index (κ2) is 6.50. The maximum Gasteiger partial charge on any atom is 0.242 e. The molecule has 0 radical (unpaired) electrons. The van der Waals surface area contributed by atoms with Crippen LogP contribution >= 0.6 is 0 Å². The van der Waals surface area contributed by atoms with E-state index in [-0.39, 0.29) is 23.8 Å². The predicted molar refractivity (Wildman–Crippen MR) is 99.4 cm³/mol. The van der Waals surface area contributed by atoms with Crippen LogP contribution in [0.1, 0.15) is 64.2 Å². The van der Waals surface area contributed by atoms with Crippen molar-refractivity contribution in [1.82, 2.24) is 15.5 Å². The van der Waals surface area contributed by atoms with Crippen LogP contribution in [0, 0.1) is 23.2 Å². The molecule has 6 fully saturated rings. The maximum absolute atomic E-state index is 12.8. The molecule has 6 bridgehead atoms. The number of nitrogens with one attached hydrogen (secondary N) is 2. The van der Waals surface area contributed by atoms with E-state index < -0.39 is 0 Å². The second-order valence-electron chi connectivity index (χ2n) is 10.0. The highest BCUT2D eigenvalue weighted by molar-refractivity contribution is 5.85. The molecule has 2 atom stereocenters. The zero-order valence-electron chi connectivity index (χ0n) is 15.8. The Morgan fingerprint density at radius 3 is 2.31 bits per heavy atom. The van der Waals surface area contributed by atoms with E-state index in [2.05, 4.69) is 15.5 Å². The third-order valence-electron chi connectivity index (χ3n) is 8.08. The molecule has 2 saturated heterocycles. The van der Waals surface area contributed by atoms with Gasteiger partial charge in [-0.1, -0.05) is 0 Å². The lowest BCUT2D eigenvalue weighted by molar-refractivity contribution is -0.137. The first-order valence-corrected chi connectivity index (χ1v) is 10.9. The van der Waals surface area contributed by atoms with Gasteiger partial charge < -0.3 is 15.5 Å². The lowest BCUT2D eigenvalue weighted by atomic mass is 9.49. The first-order valence-electron chi connectivity index (χ1n) is 10.9. The van der Waals surface area contributed by atoms with Gasteiger partial charge in [-0.3, -0.25) is 9.59 Å². The lowest BCUT2D eigenvalue weighted by Gasteiger charge is -2.56. The minimum Gasteiger partial charge on any atom is -0.347 e. The quantitative estimate of drug-likeness (QED) is 0.808. The lowest BCUT2D eigenvalue weighted by Crippen LogP contribution is -2.50. The number of fused-ring (bicyclic) bond motifs is 2. The molecule has 26 heavy (non-hydrogen) atoms. The van der Waals surface area contributed by atoms with Crippen LogP contribution in [-0.4, -0.2) is 48.4 Å². The van der Waals surface area contributed by atoms with Gasteiger partial charge in [0, 0.05) is 25.0 Å². The van der Waals surface area contributed by atoms with Crippen LogP contribution in [0.5, 0.6) is 0 Å². The minimum absolute atomic E-state index is 0.112. The molecule has 6 rings (SSSR count). The summed E-state index contributed by atoms with van der Waals surface area (Å²) < 4.78 is 0. The van der Waals surface area contributed by atoms with E-state index in [1.165, 1.54) is 38.5 Å². The summed E-state index contributed by atoms with van der Waals surface area (Å²) in [6, 6.07) is 0.706. The summed E-state index contributed by atoms with van der Waals surface area (Å²) in [6.45, 7) is 2.10. The van der Waals surface area contributed by atoms with Gasteiger partial charge in [0.15, 0.2) is 0 Å². The average molecular weight is 360 g/mol. The molecule has 5 heteroatoms. The van der Waals surface area contributed by atoms with Gasteiger partial charge in [0.1, 0.15) is 0 Å². The Morgan fingerprint density at radius 1 is 0.962 bits per heavy atom. The van der Waals surface area contributed by atoms with Crippen molar-refractivity contribution in [1.29, 1.82) is 0 Å². The summed E-state index contributed by atoms with van der Waals surface area (Å²) in [4.78, 5) is 27.5. The number of carbonyl (C=O) groups is 2. The first-order chi connectivity index (χ1) is 12.6. The van der Waals surface area contributed by atoms with E-state index in [4.69, 9.17) is 0 Å². The fraction of sp³-hybridized carbons (Fsp3) is 0.905. The van der Waals surface area contributed by atoms with Crippen LogP contribution in [-0.2, 0) is 9.59 Å². The Kier molecular flexibility index (Phi) is 4.26. The molecule has 5 nitrogen and oxygen atoms in total. The van der Waals surface area contributed by atoms with Crippen LogP contribution in [0.3, 0.4) is 0 Å². The number of hydrogen-bond donors (Lipinski definition) is 2.